The van der Waals surface area contributed by atoms with Gasteiger partial charge in [-0.15, -0.1) is 0 Å². The molecule has 0 radical (unpaired) electrons. The Labute approximate surface area is 138 Å². The number of nitrogens with one attached hydrogen (secondary N) is 1. The highest BCUT2D eigenvalue weighted by atomic mass is 32.2. The molecule has 0 spiro atoms. The number of urea groups is 1. The van der Waals surface area contributed by atoms with Gasteiger partial charge in [-0.1, -0.05) is 12.1 Å². The third kappa shape index (κ3) is 2.75. The number of anilines is 2. The zero-order valence-electron chi connectivity index (χ0n) is 13.0. The highest BCUT2D eigenvalue weighted by Gasteiger charge is 2.27. The van der Waals surface area contributed by atoms with E-state index in [1.54, 1.807) is 37.8 Å². The molecule has 1 heterocycles. The lowest BCUT2D eigenvalue weighted by Crippen LogP contribution is -2.32. The Morgan fingerprint density at radius 2 is 1.65 bits per heavy atom. The minimum absolute atomic E-state index is 0.233. The van der Waals surface area contributed by atoms with Gasteiger partial charge in [0.15, 0.2) is 11.5 Å². The molecule has 0 aliphatic carbocycles. The molecule has 1 aliphatic heterocycles. The van der Waals surface area contributed by atoms with Crippen molar-refractivity contribution >= 4 is 29.4 Å². The second-order valence-electron chi connectivity index (χ2n) is 4.70. The lowest BCUT2D eigenvalue weighted by molar-refractivity contribution is 0.260. The van der Waals surface area contributed by atoms with Crippen LogP contribution in [0.5, 0.6) is 17.2 Å². The highest BCUT2D eigenvalue weighted by Crippen LogP contribution is 2.45. The molecule has 7 heteroatoms. The molecule has 2 amide bonds. The molecule has 1 aliphatic rings. The Kier molecular flexibility index (Phi) is 4.20. The van der Waals surface area contributed by atoms with E-state index in [4.69, 9.17) is 14.2 Å². The number of hydrogen-bond acceptors (Lipinski definition) is 5. The van der Waals surface area contributed by atoms with E-state index in [1.807, 2.05) is 24.3 Å². The standard InChI is InChI=1S/C16H16N2O4S/c1-20-12-8-10(9-13(21-2)15(12)22-3)18-16(19)17-11-6-4-5-7-14(11)23-18/h4-9H,1-3H3,(H,17,19). The number of nitrogens with zero attached hydrogens (tertiary/aromatic N) is 1. The van der Waals surface area contributed by atoms with E-state index in [1.165, 1.54) is 11.9 Å². The van der Waals surface area contributed by atoms with Gasteiger partial charge in [0.25, 0.3) is 0 Å². The summed E-state index contributed by atoms with van der Waals surface area (Å²) in [5, 5.41) is 2.87. The van der Waals surface area contributed by atoms with Crippen molar-refractivity contribution in [2.75, 3.05) is 31.0 Å². The summed E-state index contributed by atoms with van der Waals surface area (Å²) < 4.78 is 17.5. The van der Waals surface area contributed by atoms with Crippen LogP contribution in [0, 0.1) is 0 Å². The first-order valence-corrected chi connectivity index (χ1v) is 7.63. The van der Waals surface area contributed by atoms with Crippen molar-refractivity contribution in [3.63, 3.8) is 0 Å². The second kappa shape index (κ2) is 6.29. The van der Waals surface area contributed by atoms with Crippen LogP contribution in [0.1, 0.15) is 0 Å². The number of ether oxygens (including phenoxy) is 3. The predicted molar refractivity (Wildman–Crippen MR) is 89.9 cm³/mol. The maximum Gasteiger partial charge on any atom is 0.336 e. The largest absolute Gasteiger partial charge is 0.493 e. The van der Waals surface area contributed by atoms with Crippen LogP contribution < -0.4 is 23.8 Å². The fourth-order valence-electron chi connectivity index (χ4n) is 2.31. The van der Waals surface area contributed by atoms with Gasteiger partial charge in [-0.2, -0.15) is 0 Å². The monoisotopic (exact) mass is 332 g/mol. The predicted octanol–water partition coefficient (Wildman–Crippen LogP) is 3.77. The van der Waals surface area contributed by atoms with Crippen LogP contribution >= 0.6 is 11.9 Å². The van der Waals surface area contributed by atoms with Crippen molar-refractivity contribution in [2.24, 2.45) is 0 Å². The average molecular weight is 332 g/mol. The highest BCUT2D eigenvalue weighted by molar-refractivity contribution is 8.01. The normalized spacial score (nSPS) is 13.2. The lowest BCUT2D eigenvalue weighted by Gasteiger charge is -2.28. The molecule has 1 N–H and O–H groups in total. The van der Waals surface area contributed by atoms with Gasteiger partial charge >= 0.3 is 6.03 Å². The molecule has 0 unspecified atom stereocenters. The first kappa shape index (κ1) is 15.4. The van der Waals surface area contributed by atoms with Crippen molar-refractivity contribution in [3.8, 4) is 17.2 Å². The SMILES string of the molecule is COc1cc(N2Sc3ccccc3NC2=O)cc(OC)c1OC. The van der Waals surface area contributed by atoms with E-state index in [0.29, 0.717) is 22.9 Å². The summed E-state index contributed by atoms with van der Waals surface area (Å²) in [5.41, 5.74) is 1.43. The summed E-state index contributed by atoms with van der Waals surface area (Å²) in [5.74, 6) is 1.48. The van der Waals surface area contributed by atoms with Crippen LogP contribution in [0.15, 0.2) is 41.3 Å². The smallest absolute Gasteiger partial charge is 0.336 e. The maximum absolute atomic E-state index is 12.4. The van der Waals surface area contributed by atoms with Gasteiger partial charge in [0.2, 0.25) is 5.75 Å². The van der Waals surface area contributed by atoms with E-state index in [0.717, 1.165) is 10.6 Å². The lowest BCUT2D eigenvalue weighted by atomic mass is 10.2. The van der Waals surface area contributed by atoms with E-state index in [2.05, 4.69) is 5.32 Å². The molecular weight excluding hydrogens is 316 g/mol. The molecule has 2 aromatic carbocycles. The zero-order valence-corrected chi connectivity index (χ0v) is 13.8. The Balaban J connectivity index is 2.03. The number of carbonyl (C=O) groups excluding carboxylic acids is 1. The average Bonchev–Trinajstić information content (AvgIpc) is 2.59. The van der Waals surface area contributed by atoms with Crippen molar-refractivity contribution < 1.29 is 19.0 Å². The molecule has 0 bridgehead atoms. The first-order chi connectivity index (χ1) is 11.2. The first-order valence-electron chi connectivity index (χ1n) is 6.86. The molecule has 2 aromatic rings. The van der Waals surface area contributed by atoms with E-state index >= 15 is 0 Å². The number of hydrogen-bond donors (Lipinski definition) is 1. The van der Waals surface area contributed by atoms with Crippen molar-refractivity contribution in [2.45, 2.75) is 4.90 Å². The van der Waals surface area contributed by atoms with Crippen LogP contribution in [0.2, 0.25) is 0 Å². The summed E-state index contributed by atoms with van der Waals surface area (Å²) >= 11 is 1.34. The van der Waals surface area contributed by atoms with E-state index < -0.39 is 0 Å². The number of rotatable bonds is 4. The molecule has 0 saturated carbocycles. The molecule has 0 saturated heterocycles. The van der Waals surface area contributed by atoms with Crippen molar-refractivity contribution in [3.05, 3.63) is 36.4 Å². The van der Waals surface area contributed by atoms with Gasteiger partial charge in [-0.05, 0) is 24.1 Å². The van der Waals surface area contributed by atoms with Crippen LogP contribution in [0.4, 0.5) is 16.2 Å². The number of para-hydroxylation sites is 1. The van der Waals surface area contributed by atoms with Crippen LogP contribution in [-0.4, -0.2) is 27.4 Å². The summed E-state index contributed by atoms with van der Waals surface area (Å²) in [6.07, 6.45) is 0. The fraction of sp³-hybridized carbons (Fsp3) is 0.188. The topological polar surface area (TPSA) is 60.0 Å². The zero-order chi connectivity index (χ0) is 16.4. The molecule has 23 heavy (non-hydrogen) atoms. The van der Waals surface area contributed by atoms with Gasteiger partial charge in [-0.25, -0.2) is 9.10 Å². The van der Waals surface area contributed by atoms with Crippen LogP contribution in [0.3, 0.4) is 0 Å². The summed E-state index contributed by atoms with van der Waals surface area (Å²) in [7, 11) is 4.62. The minimum atomic E-state index is -0.233. The second-order valence-corrected chi connectivity index (χ2v) is 5.68. The number of benzene rings is 2. The number of fused-ring (bicyclic) bond motifs is 1. The van der Waals surface area contributed by atoms with E-state index in [-0.39, 0.29) is 6.03 Å². The molecular formula is C16H16N2O4S. The quantitative estimate of drug-likeness (QED) is 0.864. The van der Waals surface area contributed by atoms with E-state index in [9.17, 15) is 4.79 Å². The molecule has 0 aromatic heterocycles. The van der Waals surface area contributed by atoms with Crippen LogP contribution in [-0.2, 0) is 0 Å². The van der Waals surface area contributed by atoms with Gasteiger partial charge in [0.1, 0.15) is 0 Å². The molecule has 120 valence electrons. The summed E-state index contributed by atoms with van der Waals surface area (Å²) in [4.78, 5) is 13.4. The molecule has 0 atom stereocenters. The van der Waals surface area contributed by atoms with Gasteiger partial charge in [0, 0.05) is 12.1 Å². The fourth-order valence-corrected chi connectivity index (χ4v) is 3.20. The number of methoxy groups -OCH3 is 3. The Morgan fingerprint density at radius 3 is 2.26 bits per heavy atom. The third-order valence-corrected chi connectivity index (χ3v) is 4.50. The molecule has 3 rings (SSSR count). The summed E-state index contributed by atoms with van der Waals surface area (Å²) in [6.45, 7) is 0. The Morgan fingerprint density at radius 1 is 1.00 bits per heavy atom. The summed E-state index contributed by atoms with van der Waals surface area (Å²) in [6, 6.07) is 10.9. The molecule has 6 nitrogen and oxygen atoms in total. The van der Waals surface area contributed by atoms with Gasteiger partial charge in [0.05, 0.1) is 37.6 Å². The van der Waals surface area contributed by atoms with Gasteiger partial charge < -0.3 is 19.5 Å². The minimum Gasteiger partial charge on any atom is -0.493 e. The van der Waals surface area contributed by atoms with Gasteiger partial charge in [-0.3, -0.25) is 0 Å². The Bertz CT molecular complexity index is 726. The molecule has 0 fully saturated rings. The van der Waals surface area contributed by atoms with Crippen molar-refractivity contribution in [1.82, 2.24) is 0 Å². The van der Waals surface area contributed by atoms with Crippen molar-refractivity contribution in [1.29, 1.82) is 0 Å². The number of amides is 2. The number of carbonyl (C=O) groups is 1. The maximum atomic E-state index is 12.4. The van der Waals surface area contributed by atoms with Crippen LogP contribution in [0.25, 0.3) is 0 Å². The Hall–Kier alpha value is -2.54. The third-order valence-electron chi connectivity index (χ3n) is 3.39.